The van der Waals surface area contributed by atoms with Crippen molar-refractivity contribution in [3.05, 3.63) is 28.2 Å². The maximum atomic E-state index is 13.1. The molecule has 3 nitrogen and oxygen atoms in total. The molecule has 0 N–H and O–H groups in total. The largest absolute Gasteiger partial charge is 0.396 e. The molecule has 9 heteroatoms. The third-order valence-corrected chi connectivity index (χ3v) is 2.79. The molecule has 1 aliphatic heterocycles. The van der Waals surface area contributed by atoms with Crippen molar-refractivity contribution in [3.8, 4) is 0 Å². The predicted molar refractivity (Wildman–Crippen MR) is 57.7 cm³/mol. The molecule has 1 aliphatic rings. The van der Waals surface area contributed by atoms with E-state index in [0.717, 1.165) is 12.1 Å². The van der Waals surface area contributed by atoms with Gasteiger partial charge in [0.25, 0.3) is 0 Å². The van der Waals surface area contributed by atoms with Gasteiger partial charge in [-0.3, -0.25) is 9.59 Å². The molecule has 2 amide bonds. The standard InChI is InChI=1S/C10H2Cl2F4NO2/c11-4-1-5(12)3-6(2-4)17-7(18)9(13,14)10(15,16)8(17)19/h2-3H. The molecule has 1 radical (unpaired) electrons. The molecule has 2 rings (SSSR count). The minimum absolute atomic E-state index is 0.221. The zero-order valence-corrected chi connectivity index (χ0v) is 10.2. The number of hydrogen-bond donors (Lipinski definition) is 0. The lowest BCUT2D eigenvalue weighted by Crippen LogP contribution is -2.43. The van der Waals surface area contributed by atoms with Gasteiger partial charge in [-0.2, -0.15) is 17.6 Å². The second-order valence-electron chi connectivity index (χ2n) is 3.63. The molecule has 1 aromatic rings. The van der Waals surface area contributed by atoms with Gasteiger partial charge in [0.05, 0.1) is 15.7 Å². The Labute approximate surface area is 113 Å². The molecule has 0 atom stereocenters. The van der Waals surface area contributed by atoms with E-state index in [2.05, 4.69) is 6.07 Å². The van der Waals surface area contributed by atoms with Gasteiger partial charge in [-0.25, -0.2) is 4.90 Å². The number of carbonyl (C=O) groups excluding carboxylic acids is 2. The predicted octanol–water partition coefficient (Wildman–Crippen LogP) is 2.94. The number of carbonyl (C=O) groups is 2. The lowest BCUT2D eigenvalue weighted by atomic mass is 10.2. The van der Waals surface area contributed by atoms with Crippen molar-refractivity contribution >= 4 is 40.7 Å². The Morgan fingerprint density at radius 3 is 1.68 bits per heavy atom. The number of amides is 2. The van der Waals surface area contributed by atoms with Crippen molar-refractivity contribution in [3.63, 3.8) is 0 Å². The Morgan fingerprint density at radius 1 is 0.947 bits per heavy atom. The highest BCUT2D eigenvalue weighted by atomic mass is 35.5. The second kappa shape index (κ2) is 4.08. The SMILES string of the molecule is O=C1N(c2cc(Cl)[c]c(Cl)c2)C(=O)C(F)(F)C1(F)F. The molecule has 1 aromatic carbocycles. The second-order valence-corrected chi connectivity index (χ2v) is 4.44. The minimum Gasteiger partial charge on any atom is -0.267 e. The van der Waals surface area contributed by atoms with Crippen LogP contribution in [0.3, 0.4) is 0 Å². The molecule has 0 spiro atoms. The van der Waals surface area contributed by atoms with Gasteiger partial charge in [0.1, 0.15) is 0 Å². The summed E-state index contributed by atoms with van der Waals surface area (Å²) in [6.07, 6.45) is 0. The van der Waals surface area contributed by atoms with Gasteiger partial charge in [-0.05, 0) is 12.1 Å². The molecule has 19 heavy (non-hydrogen) atoms. The van der Waals surface area contributed by atoms with Gasteiger partial charge in [0, 0.05) is 6.07 Å². The highest BCUT2D eigenvalue weighted by Gasteiger charge is 2.76. The monoisotopic (exact) mass is 314 g/mol. The maximum Gasteiger partial charge on any atom is 0.396 e. The van der Waals surface area contributed by atoms with E-state index in [9.17, 15) is 27.2 Å². The maximum absolute atomic E-state index is 13.1. The summed E-state index contributed by atoms with van der Waals surface area (Å²) < 4.78 is 52.3. The molecule has 1 saturated heterocycles. The van der Waals surface area contributed by atoms with Gasteiger partial charge >= 0.3 is 23.7 Å². The number of benzene rings is 1. The van der Waals surface area contributed by atoms with Crippen LogP contribution < -0.4 is 4.90 Å². The molecule has 0 bridgehead atoms. The van der Waals surface area contributed by atoms with Crippen LogP contribution in [0, 0.1) is 6.07 Å². The number of halogens is 6. The van der Waals surface area contributed by atoms with Gasteiger partial charge in [-0.1, -0.05) is 23.2 Å². The van der Waals surface area contributed by atoms with E-state index in [1.807, 2.05) is 0 Å². The number of hydrogen-bond acceptors (Lipinski definition) is 2. The Balaban J connectivity index is 2.58. The summed E-state index contributed by atoms with van der Waals surface area (Å²) in [5.41, 5.74) is -0.569. The van der Waals surface area contributed by atoms with Crippen LogP contribution in [-0.4, -0.2) is 23.7 Å². The lowest BCUT2D eigenvalue weighted by Gasteiger charge is -2.13. The van der Waals surface area contributed by atoms with Crippen LogP contribution in [0.2, 0.25) is 10.0 Å². The lowest BCUT2D eigenvalue weighted by molar-refractivity contribution is -0.192. The van der Waals surface area contributed by atoms with Crippen molar-refractivity contribution < 1.29 is 27.2 Å². The summed E-state index contributed by atoms with van der Waals surface area (Å²) in [5, 5.41) is -0.441. The average molecular weight is 315 g/mol. The Kier molecular flexibility index (Phi) is 3.02. The molecular formula is C10H2Cl2F4NO2. The van der Waals surface area contributed by atoms with Crippen LogP contribution in [0.1, 0.15) is 0 Å². The summed E-state index contributed by atoms with van der Waals surface area (Å²) in [5.74, 6) is -14.9. The van der Waals surface area contributed by atoms with E-state index in [1.165, 1.54) is 0 Å². The van der Waals surface area contributed by atoms with E-state index < -0.39 is 29.3 Å². The van der Waals surface area contributed by atoms with Gasteiger partial charge < -0.3 is 0 Å². The fourth-order valence-electron chi connectivity index (χ4n) is 1.49. The van der Waals surface area contributed by atoms with Crippen LogP contribution in [0.5, 0.6) is 0 Å². The first-order valence-corrected chi connectivity index (χ1v) is 5.37. The highest BCUT2D eigenvalue weighted by molar-refractivity contribution is 6.35. The smallest absolute Gasteiger partial charge is 0.267 e. The third kappa shape index (κ3) is 1.88. The van der Waals surface area contributed by atoms with E-state index in [0.29, 0.717) is 0 Å². The minimum atomic E-state index is -5.11. The Bertz CT molecular complexity index is 545. The van der Waals surface area contributed by atoms with Gasteiger partial charge in [0.2, 0.25) is 0 Å². The topological polar surface area (TPSA) is 37.4 Å². The third-order valence-electron chi connectivity index (χ3n) is 2.38. The van der Waals surface area contributed by atoms with Crippen LogP contribution in [0.4, 0.5) is 23.2 Å². The number of imide groups is 1. The molecule has 1 fully saturated rings. The van der Waals surface area contributed by atoms with Gasteiger partial charge in [0.15, 0.2) is 0 Å². The quantitative estimate of drug-likeness (QED) is 0.590. The fraction of sp³-hybridized carbons (Fsp3) is 0.200. The molecule has 0 unspecified atom stereocenters. The van der Waals surface area contributed by atoms with Crippen molar-refractivity contribution in [1.29, 1.82) is 0 Å². The first kappa shape index (κ1) is 14.1. The first-order chi connectivity index (χ1) is 8.59. The number of alkyl halides is 4. The van der Waals surface area contributed by atoms with Crippen LogP contribution in [0.25, 0.3) is 0 Å². The van der Waals surface area contributed by atoms with Crippen molar-refractivity contribution in [2.45, 2.75) is 11.8 Å². The van der Waals surface area contributed by atoms with Crippen LogP contribution >= 0.6 is 23.2 Å². The number of rotatable bonds is 1. The number of nitrogens with zero attached hydrogens (tertiary/aromatic N) is 1. The Hall–Kier alpha value is -1.34. The van der Waals surface area contributed by atoms with E-state index >= 15 is 0 Å². The fourth-order valence-corrected chi connectivity index (χ4v) is 1.97. The van der Waals surface area contributed by atoms with E-state index in [4.69, 9.17) is 23.2 Å². The summed E-state index contributed by atoms with van der Waals surface area (Å²) in [6, 6.07) is 4.01. The Morgan fingerprint density at radius 2 is 1.32 bits per heavy atom. The molecule has 101 valence electrons. The first-order valence-electron chi connectivity index (χ1n) is 4.62. The molecule has 0 aliphatic carbocycles. The normalized spacial score (nSPS) is 21.1. The van der Waals surface area contributed by atoms with Crippen LogP contribution in [0.15, 0.2) is 12.1 Å². The molecular weight excluding hydrogens is 313 g/mol. The molecule has 0 saturated carbocycles. The molecule has 0 aromatic heterocycles. The zero-order valence-electron chi connectivity index (χ0n) is 8.69. The zero-order chi connectivity index (χ0) is 14.6. The summed E-state index contributed by atoms with van der Waals surface area (Å²) >= 11 is 11.0. The van der Waals surface area contributed by atoms with E-state index in [-0.39, 0.29) is 14.9 Å². The van der Waals surface area contributed by atoms with Crippen LogP contribution in [-0.2, 0) is 9.59 Å². The summed E-state index contributed by atoms with van der Waals surface area (Å²) in [4.78, 5) is 22.2. The average Bonchev–Trinajstić information content (AvgIpc) is 2.37. The highest BCUT2D eigenvalue weighted by Crippen LogP contribution is 2.45. The van der Waals surface area contributed by atoms with Crippen molar-refractivity contribution in [1.82, 2.24) is 0 Å². The molecule has 1 heterocycles. The summed E-state index contributed by atoms with van der Waals surface area (Å²) in [7, 11) is 0. The van der Waals surface area contributed by atoms with E-state index in [1.54, 1.807) is 0 Å². The summed E-state index contributed by atoms with van der Waals surface area (Å²) in [6.45, 7) is 0. The van der Waals surface area contributed by atoms with Crippen molar-refractivity contribution in [2.24, 2.45) is 0 Å². The number of anilines is 1. The van der Waals surface area contributed by atoms with Crippen molar-refractivity contribution in [2.75, 3.05) is 4.90 Å². The van der Waals surface area contributed by atoms with Gasteiger partial charge in [-0.15, -0.1) is 0 Å².